The molecule has 1 heterocycles. The molecule has 6 N–H and O–H groups in total. The summed E-state index contributed by atoms with van der Waals surface area (Å²) in [6, 6.07) is -0.801. The molecule has 1 fully saturated rings. The van der Waals surface area contributed by atoms with E-state index in [9.17, 15) is 30.3 Å². The standard InChI is InChI=1S/C57H109NO8/c1-3-5-7-9-11-13-15-17-19-20-21-22-23-24-25-26-27-28-29-30-31-32-33-35-37-39-41-43-45-47-53(61)58-50(49-65-57-56(64)55(63)54(62)52(48-59)66-57)51(60)46-44-42-40-38-36-34-18-16-14-12-10-8-6-4-2/h20-21,44,46,50-52,54-57,59-60,62-64H,3-19,22-43,45,47-49H2,1-2H3,(H,58,61)/b21-20-,46-44+. The number of ether oxygens (including phenoxy) is 2. The maximum atomic E-state index is 13.0. The Morgan fingerprint density at radius 2 is 0.848 bits per heavy atom. The van der Waals surface area contributed by atoms with E-state index in [1.54, 1.807) is 6.08 Å². The number of rotatable bonds is 49. The molecule has 1 rings (SSSR count). The molecule has 1 aliphatic rings. The van der Waals surface area contributed by atoms with Crippen LogP contribution >= 0.6 is 0 Å². The van der Waals surface area contributed by atoms with Crippen molar-refractivity contribution in [2.45, 2.75) is 320 Å². The van der Waals surface area contributed by atoms with Gasteiger partial charge in [-0.25, -0.2) is 0 Å². The fourth-order valence-electron chi connectivity index (χ4n) is 9.21. The zero-order valence-corrected chi connectivity index (χ0v) is 43.2. The maximum Gasteiger partial charge on any atom is 0.220 e. The second-order valence-corrected chi connectivity index (χ2v) is 20.1. The van der Waals surface area contributed by atoms with Gasteiger partial charge in [0.2, 0.25) is 5.91 Å². The minimum absolute atomic E-state index is 0.173. The van der Waals surface area contributed by atoms with Crippen molar-refractivity contribution in [2.75, 3.05) is 13.2 Å². The van der Waals surface area contributed by atoms with Crippen LogP contribution in [0, 0.1) is 0 Å². The number of carbonyl (C=O) groups excluding carboxylic acids is 1. The van der Waals surface area contributed by atoms with Gasteiger partial charge in [0.25, 0.3) is 0 Å². The fourth-order valence-corrected chi connectivity index (χ4v) is 9.21. The number of aliphatic hydroxyl groups is 5. The van der Waals surface area contributed by atoms with E-state index in [0.717, 1.165) is 38.5 Å². The second kappa shape index (κ2) is 47.4. The van der Waals surface area contributed by atoms with E-state index in [1.807, 2.05) is 6.08 Å². The van der Waals surface area contributed by atoms with Crippen molar-refractivity contribution in [1.29, 1.82) is 0 Å². The fraction of sp³-hybridized carbons (Fsp3) is 0.912. The minimum atomic E-state index is -1.56. The van der Waals surface area contributed by atoms with E-state index in [2.05, 4.69) is 31.3 Å². The Bertz CT molecular complexity index is 1090. The average Bonchev–Trinajstić information content (AvgIpc) is 3.32. The normalized spacial score (nSPS) is 19.9. The van der Waals surface area contributed by atoms with Crippen LogP contribution in [0.1, 0.15) is 277 Å². The Balaban J connectivity index is 2.15. The molecule has 0 bridgehead atoms. The van der Waals surface area contributed by atoms with Crippen molar-refractivity contribution in [1.82, 2.24) is 5.32 Å². The lowest BCUT2D eigenvalue weighted by atomic mass is 9.99. The molecule has 9 nitrogen and oxygen atoms in total. The van der Waals surface area contributed by atoms with Gasteiger partial charge in [0.05, 0.1) is 25.4 Å². The Labute approximate surface area is 407 Å². The summed E-state index contributed by atoms with van der Waals surface area (Å²) in [5, 5.41) is 54.4. The van der Waals surface area contributed by atoms with Gasteiger partial charge in [0, 0.05) is 6.42 Å². The van der Waals surface area contributed by atoms with E-state index in [4.69, 9.17) is 9.47 Å². The molecule has 0 aromatic heterocycles. The number of unbranched alkanes of at least 4 members (excludes halogenated alkanes) is 37. The Morgan fingerprint density at radius 3 is 1.23 bits per heavy atom. The highest BCUT2D eigenvalue weighted by Crippen LogP contribution is 2.23. The van der Waals surface area contributed by atoms with E-state index in [1.165, 1.54) is 218 Å². The zero-order chi connectivity index (χ0) is 48.0. The monoisotopic (exact) mass is 936 g/mol. The van der Waals surface area contributed by atoms with Gasteiger partial charge < -0.3 is 40.3 Å². The molecule has 7 unspecified atom stereocenters. The number of carbonyl (C=O) groups is 1. The van der Waals surface area contributed by atoms with Gasteiger partial charge in [-0.05, 0) is 44.9 Å². The quantitative estimate of drug-likeness (QED) is 0.0261. The van der Waals surface area contributed by atoms with Crippen LogP contribution in [-0.4, -0.2) is 87.5 Å². The molecule has 1 amide bonds. The zero-order valence-electron chi connectivity index (χ0n) is 43.2. The topological polar surface area (TPSA) is 149 Å². The first kappa shape index (κ1) is 62.7. The third kappa shape index (κ3) is 36.6. The molecule has 0 aromatic carbocycles. The second-order valence-electron chi connectivity index (χ2n) is 20.1. The average molecular weight is 936 g/mol. The molecule has 0 aromatic rings. The number of amides is 1. The van der Waals surface area contributed by atoms with Crippen molar-refractivity contribution in [2.24, 2.45) is 0 Å². The summed E-state index contributed by atoms with van der Waals surface area (Å²) in [7, 11) is 0. The van der Waals surface area contributed by atoms with Crippen LogP contribution in [0.25, 0.3) is 0 Å². The highest BCUT2D eigenvalue weighted by atomic mass is 16.7. The van der Waals surface area contributed by atoms with Crippen LogP contribution in [0.2, 0.25) is 0 Å². The van der Waals surface area contributed by atoms with E-state index in [-0.39, 0.29) is 12.5 Å². The molecule has 66 heavy (non-hydrogen) atoms. The van der Waals surface area contributed by atoms with Gasteiger partial charge in [0.1, 0.15) is 24.4 Å². The molecule has 1 aliphatic heterocycles. The molecule has 0 radical (unpaired) electrons. The predicted molar refractivity (Wildman–Crippen MR) is 277 cm³/mol. The summed E-state index contributed by atoms with van der Waals surface area (Å²) in [6.45, 7) is 3.80. The lowest BCUT2D eigenvalue weighted by molar-refractivity contribution is -0.302. The van der Waals surface area contributed by atoms with Crippen LogP contribution in [0.3, 0.4) is 0 Å². The largest absolute Gasteiger partial charge is 0.394 e. The molecule has 390 valence electrons. The Kier molecular flexibility index (Phi) is 45.0. The summed E-state index contributed by atoms with van der Waals surface area (Å²) in [5.41, 5.74) is 0. The first-order valence-corrected chi connectivity index (χ1v) is 28.6. The van der Waals surface area contributed by atoms with Crippen LogP contribution in [0.15, 0.2) is 24.3 Å². The predicted octanol–water partition coefficient (Wildman–Crippen LogP) is 13.8. The first-order valence-electron chi connectivity index (χ1n) is 28.6. The summed E-state index contributed by atoms with van der Waals surface area (Å²) in [5.74, 6) is -0.173. The molecule has 9 heteroatoms. The van der Waals surface area contributed by atoms with E-state index >= 15 is 0 Å². The number of allylic oxidation sites excluding steroid dienone is 3. The van der Waals surface area contributed by atoms with Crippen molar-refractivity contribution in [3.05, 3.63) is 24.3 Å². The third-order valence-corrected chi connectivity index (χ3v) is 13.8. The summed E-state index contributed by atoms with van der Waals surface area (Å²) in [6.07, 6.45) is 52.5. The van der Waals surface area contributed by atoms with Crippen LogP contribution in [0.5, 0.6) is 0 Å². The molecular weight excluding hydrogens is 827 g/mol. The van der Waals surface area contributed by atoms with Crippen LogP contribution in [0.4, 0.5) is 0 Å². The maximum absolute atomic E-state index is 13.0. The smallest absolute Gasteiger partial charge is 0.220 e. The molecular formula is C57H109NO8. The minimum Gasteiger partial charge on any atom is -0.394 e. The number of nitrogens with one attached hydrogen (secondary N) is 1. The molecule has 0 spiro atoms. The van der Waals surface area contributed by atoms with Crippen molar-refractivity contribution >= 4 is 5.91 Å². The lowest BCUT2D eigenvalue weighted by Crippen LogP contribution is -2.60. The number of aliphatic hydroxyl groups excluding tert-OH is 5. The van der Waals surface area contributed by atoms with Crippen molar-refractivity contribution < 1.29 is 39.8 Å². The van der Waals surface area contributed by atoms with Gasteiger partial charge in [-0.15, -0.1) is 0 Å². The van der Waals surface area contributed by atoms with E-state index in [0.29, 0.717) is 6.42 Å². The third-order valence-electron chi connectivity index (χ3n) is 13.8. The van der Waals surface area contributed by atoms with Crippen molar-refractivity contribution in [3.8, 4) is 0 Å². The van der Waals surface area contributed by atoms with E-state index < -0.39 is 49.5 Å². The van der Waals surface area contributed by atoms with Gasteiger partial charge in [-0.3, -0.25) is 4.79 Å². The Morgan fingerprint density at radius 1 is 0.500 bits per heavy atom. The van der Waals surface area contributed by atoms with Gasteiger partial charge in [-0.1, -0.05) is 250 Å². The summed E-state index contributed by atoms with van der Waals surface area (Å²) in [4.78, 5) is 13.0. The molecule has 0 aliphatic carbocycles. The lowest BCUT2D eigenvalue weighted by Gasteiger charge is -2.40. The SMILES string of the molecule is CCCCCCCCCC/C=C\CCCCCCCCCCCCCCCCCCCC(=O)NC(COC1OC(CO)C(O)C(O)C1O)C(O)/C=C/CCCCCCCCCCCCCC. The Hall–Kier alpha value is -1.33. The highest BCUT2D eigenvalue weighted by Gasteiger charge is 2.44. The van der Waals surface area contributed by atoms with Gasteiger partial charge in [0.15, 0.2) is 6.29 Å². The highest BCUT2D eigenvalue weighted by molar-refractivity contribution is 5.76. The number of hydrogen-bond donors (Lipinski definition) is 6. The van der Waals surface area contributed by atoms with Gasteiger partial charge >= 0.3 is 0 Å². The van der Waals surface area contributed by atoms with Crippen LogP contribution < -0.4 is 5.32 Å². The molecule has 7 atom stereocenters. The molecule has 0 saturated carbocycles. The molecule has 1 saturated heterocycles. The number of hydrogen-bond acceptors (Lipinski definition) is 8. The van der Waals surface area contributed by atoms with Gasteiger partial charge in [-0.2, -0.15) is 0 Å². The summed E-state index contributed by atoms with van der Waals surface area (Å²) < 4.78 is 11.3. The van der Waals surface area contributed by atoms with Crippen molar-refractivity contribution in [3.63, 3.8) is 0 Å². The first-order chi connectivity index (χ1) is 32.3. The summed E-state index contributed by atoms with van der Waals surface area (Å²) >= 11 is 0. The van der Waals surface area contributed by atoms with Crippen LogP contribution in [-0.2, 0) is 14.3 Å².